The molecule has 2 rings (SSSR count). The van der Waals surface area contributed by atoms with Gasteiger partial charge in [-0.15, -0.1) is 0 Å². The van der Waals surface area contributed by atoms with Crippen molar-refractivity contribution >= 4 is 5.91 Å². The minimum atomic E-state index is -0.134. The van der Waals surface area contributed by atoms with Crippen LogP contribution < -0.4 is 5.32 Å². The third-order valence-electron chi connectivity index (χ3n) is 3.16. The molecule has 0 radical (unpaired) electrons. The van der Waals surface area contributed by atoms with Crippen molar-refractivity contribution in [2.75, 3.05) is 6.54 Å². The standard InChI is InChI=1S/C13H22N2O/c1-9-7-10(8-15(9)11-5-6-11)12(16)14-13(2,3)4/h10-11H,1,5-8H2,2-4H3,(H,14,16). The molecule has 0 aromatic rings. The van der Waals surface area contributed by atoms with Crippen molar-refractivity contribution in [3.8, 4) is 0 Å². The summed E-state index contributed by atoms with van der Waals surface area (Å²) >= 11 is 0. The van der Waals surface area contributed by atoms with Gasteiger partial charge >= 0.3 is 0 Å². The van der Waals surface area contributed by atoms with E-state index in [4.69, 9.17) is 0 Å². The molecule has 0 aromatic heterocycles. The molecule has 1 atom stereocenters. The molecule has 1 aliphatic carbocycles. The highest BCUT2D eigenvalue weighted by atomic mass is 16.2. The number of hydrogen-bond acceptors (Lipinski definition) is 2. The number of rotatable bonds is 2. The Kier molecular flexibility index (Phi) is 2.72. The third-order valence-corrected chi connectivity index (χ3v) is 3.16. The monoisotopic (exact) mass is 222 g/mol. The third kappa shape index (κ3) is 2.57. The number of nitrogens with zero attached hydrogens (tertiary/aromatic N) is 1. The van der Waals surface area contributed by atoms with Gasteiger partial charge < -0.3 is 10.2 Å². The first-order valence-electron chi connectivity index (χ1n) is 6.13. The van der Waals surface area contributed by atoms with E-state index in [0.29, 0.717) is 6.04 Å². The Labute approximate surface area is 97.9 Å². The zero-order chi connectivity index (χ0) is 11.9. The second kappa shape index (κ2) is 3.79. The molecule has 2 aliphatic rings. The lowest BCUT2D eigenvalue weighted by atomic mass is 10.0. The van der Waals surface area contributed by atoms with E-state index in [-0.39, 0.29) is 17.4 Å². The van der Waals surface area contributed by atoms with Gasteiger partial charge in [-0.25, -0.2) is 0 Å². The quantitative estimate of drug-likeness (QED) is 0.774. The summed E-state index contributed by atoms with van der Waals surface area (Å²) < 4.78 is 0. The molecule has 1 amide bonds. The molecule has 1 unspecified atom stereocenters. The number of amides is 1. The summed E-state index contributed by atoms with van der Waals surface area (Å²) in [5.74, 6) is 0.282. The number of allylic oxidation sites excluding steroid dienone is 1. The van der Waals surface area contributed by atoms with Gasteiger partial charge in [0.1, 0.15) is 0 Å². The first-order chi connectivity index (χ1) is 7.37. The summed E-state index contributed by atoms with van der Waals surface area (Å²) in [5, 5.41) is 3.05. The van der Waals surface area contributed by atoms with Gasteiger partial charge in [0.15, 0.2) is 0 Å². The molecule has 0 spiro atoms. The van der Waals surface area contributed by atoms with Crippen LogP contribution in [0.4, 0.5) is 0 Å². The molecule has 1 saturated carbocycles. The Morgan fingerprint density at radius 2 is 2.06 bits per heavy atom. The van der Waals surface area contributed by atoms with Crippen molar-refractivity contribution < 1.29 is 4.79 Å². The topological polar surface area (TPSA) is 32.3 Å². The van der Waals surface area contributed by atoms with E-state index < -0.39 is 0 Å². The second-order valence-corrected chi connectivity index (χ2v) is 6.09. The van der Waals surface area contributed by atoms with E-state index in [1.54, 1.807) is 0 Å². The lowest BCUT2D eigenvalue weighted by Gasteiger charge is -2.23. The molecule has 0 bridgehead atoms. The van der Waals surface area contributed by atoms with E-state index in [1.807, 2.05) is 20.8 Å². The van der Waals surface area contributed by atoms with Crippen molar-refractivity contribution in [1.29, 1.82) is 0 Å². The van der Waals surface area contributed by atoms with Crippen molar-refractivity contribution in [2.45, 2.75) is 51.6 Å². The Hall–Kier alpha value is -0.990. The Morgan fingerprint density at radius 3 is 2.56 bits per heavy atom. The average molecular weight is 222 g/mol. The zero-order valence-corrected chi connectivity index (χ0v) is 10.5. The van der Waals surface area contributed by atoms with Crippen molar-refractivity contribution in [3.05, 3.63) is 12.3 Å². The molecule has 2 fully saturated rings. The van der Waals surface area contributed by atoms with Crippen LogP contribution in [0.3, 0.4) is 0 Å². The van der Waals surface area contributed by atoms with Crippen LogP contribution in [0.15, 0.2) is 12.3 Å². The van der Waals surface area contributed by atoms with Crippen LogP contribution in [-0.4, -0.2) is 28.9 Å². The van der Waals surface area contributed by atoms with E-state index in [2.05, 4.69) is 16.8 Å². The van der Waals surface area contributed by atoms with Gasteiger partial charge in [0.25, 0.3) is 0 Å². The van der Waals surface area contributed by atoms with Crippen LogP contribution in [0.1, 0.15) is 40.0 Å². The minimum absolute atomic E-state index is 0.104. The molecule has 90 valence electrons. The van der Waals surface area contributed by atoms with Gasteiger partial charge in [0.05, 0.1) is 5.92 Å². The molecule has 16 heavy (non-hydrogen) atoms. The maximum atomic E-state index is 12.0. The molecule has 1 heterocycles. The fraction of sp³-hybridized carbons (Fsp3) is 0.769. The summed E-state index contributed by atoms with van der Waals surface area (Å²) in [7, 11) is 0. The van der Waals surface area contributed by atoms with Crippen LogP contribution in [0.2, 0.25) is 0 Å². The first-order valence-corrected chi connectivity index (χ1v) is 6.13. The fourth-order valence-corrected chi connectivity index (χ4v) is 2.27. The SMILES string of the molecule is C=C1CC(C(=O)NC(C)(C)C)CN1C1CC1. The maximum absolute atomic E-state index is 12.0. The number of carbonyl (C=O) groups is 1. The number of nitrogens with one attached hydrogen (secondary N) is 1. The van der Waals surface area contributed by atoms with Crippen LogP contribution >= 0.6 is 0 Å². The Balaban J connectivity index is 1.92. The predicted octanol–water partition coefficient (Wildman–Crippen LogP) is 1.90. The van der Waals surface area contributed by atoms with Crippen LogP contribution in [0, 0.1) is 5.92 Å². The molecule has 3 heteroatoms. The van der Waals surface area contributed by atoms with Crippen LogP contribution in [0.5, 0.6) is 0 Å². The summed E-state index contributed by atoms with van der Waals surface area (Å²) in [6.45, 7) is 11.0. The van der Waals surface area contributed by atoms with Gasteiger partial charge in [-0.3, -0.25) is 4.79 Å². The summed E-state index contributed by atoms with van der Waals surface area (Å²) in [5.41, 5.74) is 1.02. The summed E-state index contributed by atoms with van der Waals surface area (Å²) in [6.07, 6.45) is 3.37. The van der Waals surface area contributed by atoms with Gasteiger partial charge in [0, 0.05) is 30.2 Å². The lowest BCUT2D eigenvalue weighted by molar-refractivity contribution is -0.126. The normalized spacial score (nSPS) is 26.1. The van der Waals surface area contributed by atoms with Crippen molar-refractivity contribution in [1.82, 2.24) is 10.2 Å². The molecule has 3 nitrogen and oxygen atoms in total. The molecular formula is C13H22N2O. The van der Waals surface area contributed by atoms with E-state index in [1.165, 1.54) is 12.8 Å². The summed E-state index contributed by atoms with van der Waals surface area (Å²) in [6, 6.07) is 0.680. The highest BCUT2D eigenvalue weighted by Crippen LogP contribution is 2.36. The Morgan fingerprint density at radius 1 is 1.44 bits per heavy atom. The molecule has 0 aromatic carbocycles. The van der Waals surface area contributed by atoms with Gasteiger partial charge in [-0.1, -0.05) is 6.58 Å². The largest absolute Gasteiger partial charge is 0.371 e. The molecule has 1 aliphatic heterocycles. The minimum Gasteiger partial charge on any atom is -0.371 e. The second-order valence-electron chi connectivity index (χ2n) is 6.09. The van der Waals surface area contributed by atoms with Crippen molar-refractivity contribution in [3.63, 3.8) is 0 Å². The highest BCUT2D eigenvalue weighted by molar-refractivity contribution is 5.80. The Bertz CT molecular complexity index is 312. The molecule has 1 saturated heterocycles. The predicted molar refractivity (Wildman–Crippen MR) is 64.9 cm³/mol. The van der Waals surface area contributed by atoms with Crippen LogP contribution in [0.25, 0.3) is 0 Å². The number of carbonyl (C=O) groups excluding carboxylic acids is 1. The average Bonchev–Trinajstić information content (AvgIpc) is 2.87. The lowest BCUT2D eigenvalue weighted by Crippen LogP contribution is -2.44. The highest BCUT2D eigenvalue weighted by Gasteiger charge is 2.39. The first kappa shape index (κ1) is 11.5. The van der Waals surface area contributed by atoms with Crippen LogP contribution in [-0.2, 0) is 4.79 Å². The summed E-state index contributed by atoms with van der Waals surface area (Å²) in [4.78, 5) is 14.3. The van der Waals surface area contributed by atoms with Gasteiger partial charge in [-0.05, 0) is 33.6 Å². The molecule has 1 N–H and O–H groups in total. The van der Waals surface area contributed by atoms with E-state index >= 15 is 0 Å². The smallest absolute Gasteiger partial charge is 0.225 e. The fourth-order valence-electron chi connectivity index (χ4n) is 2.27. The van der Waals surface area contributed by atoms with Crippen molar-refractivity contribution in [2.24, 2.45) is 5.92 Å². The molecular weight excluding hydrogens is 200 g/mol. The maximum Gasteiger partial charge on any atom is 0.225 e. The van der Waals surface area contributed by atoms with Gasteiger partial charge in [-0.2, -0.15) is 0 Å². The van der Waals surface area contributed by atoms with E-state index in [9.17, 15) is 4.79 Å². The number of likely N-dealkylation sites (tertiary alicyclic amines) is 1. The zero-order valence-electron chi connectivity index (χ0n) is 10.5. The number of hydrogen-bond donors (Lipinski definition) is 1. The van der Waals surface area contributed by atoms with E-state index in [0.717, 1.165) is 18.7 Å². The van der Waals surface area contributed by atoms with Gasteiger partial charge in [0.2, 0.25) is 5.91 Å².